The predicted octanol–water partition coefficient (Wildman–Crippen LogP) is 2.23. The van der Waals surface area contributed by atoms with Crippen molar-refractivity contribution in [3.63, 3.8) is 0 Å². The highest BCUT2D eigenvalue weighted by atomic mass is 32.1. The molecule has 7 heteroatoms. The smallest absolute Gasteiger partial charge is 0.240 e. The van der Waals surface area contributed by atoms with Crippen molar-refractivity contribution in [2.45, 2.75) is 0 Å². The number of ether oxygens (including phenoxy) is 1. The fraction of sp³-hybridized carbons (Fsp3) is 0.286. The van der Waals surface area contributed by atoms with Crippen molar-refractivity contribution in [1.82, 2.24) is 9.88 Å². The van der Waals surface area contributed by atoms with Crippen molar-refractivity contribution in [3.8, 4) is 5.75 Å². The van der Waals surface area contributed by atoms with Crippen LogP contribution >= 0.6 is 11.3 Å². The van der Waals surface area contributed by atoms with Gasteiger partial charge in [-0.3, -0.25) is 9.69 Å². The maximum absolute atomic E-state index is 13.3. The standard InChI is InChI=1S/C14H16FN3O2S/c1-18(10-13(19)17-14-16-6-9-21-14)7-8-20-12-5-3-2-4-11(12)15/h2-6,9H,7-8,10H2,1H3,(H,16,17,19). The Morgan fingerprint density at radius 3 is 3.00 bits per heavy atom. The molecule has 0 aliphatic rings. The molecule has 112 valence electrons. The zero-order valence-corrected chi connectivity index (χ0v) is 12.4. The normalized spacial score (nSPS) is 10.6. The Morgan fingerprint density at radius 1 is 1.48 bits per heavy atom. The summed E-state index contributed by atoms with van der Waals surface area (Å²) in [6.07, 6.45) is 1.63. The predicted molar refractivity (Wildman–Crippen MR) is 80.1 cm³/mol. The Balaban J connectivity index is 1.69. The average Bonchev–Trinajstić information content (AvgIpc) is 2.93. The summed E-state index contributed by atoms with van der Waals surface area (Å²) in [5.41, 5.74) is 0. The number of aromatic nitrogens is 1. The van der Waals surface area contributed by atoms with E-state index in [1.807, 2.05) is 0 Å². The highest BCUT2D eigenvalue weighted by Gasteiger charge is 2.08. The summed E-state index contributed by atoms with van der Waals surface area (Å²) in [6.45, 7) is 1.04. The molecular weight excluding hydrogens is 293 g/mol. The van der Waals surface area contributed by atoms with Gasteiger partial charge < -0.3 is 10.1 Å². The van der Waals surface area contributed by atoms with E-state index in [9.17, 15) is 9.18 Å². The van der Waals surface area contributed by atoms with Gasteiger partial charge in [-0.1, -0.05) is 12.1 Å². The molecule has 0 fully saturated rings. The van der Waals surface area contributed by atoms with E-state index in [2.05, 4.69) is 10.3 Å². The lowest BCUT2D eigenvalue weighted by Gasteiger charge is -2.16. The molecule has 21 heavy (non-hydrogen) atoms. The molecule has 1 amide bonds. The summed E-state index contributed by atoms with van der Waals surface area (Å²) in [6, 6.07) is 6.24. The summed E-state index contributed by atoms with van der Waals surface area (Å²) in [5, 5.41) is 5.07. The van der Waals surface area contributed by atoms with E-state index in [-0.39, 0.29) is 24.0 Å². The van der Waals surface area contributed by atoms with Crippen molar-refractivity contribution in [2.75, 3.05) is 32.1 Å². The molecule has 1 aromatic carbocycles. The lowest BCUT2D eigenvalue weighted by atomic mass is 10.3. The van der Waals surface area contributed by atoms with Gasteiger partial charge in [0.25, 0.3) is 0 Å². The molecule has 0 saturated heterocycles. The number of rotatable bonds is 7. The van der Waals surface area contributed by atoms with Crippen molar-refractivity contribution >= 4 is 22.4 Å². The number of anilines is 1. The lowest BCUT2D eigenvalue weighted by molar-refractivity contribution is -0.117. The third-order valence-electron chi connectivity index (χ3n) is 2.66. The van der Waals surface area contributed by atoms with Gasteiger partial charge >= 0.3 is 0 Å². The van der Waals surface area contributed by atoms with Crippen LogP contribution in [0.3, 0.4) is 0 Å². The van der Waals surface area contributed by atoms with E-state index in [0.717, 1.165) is 0 Å². The average molecular weight is 309 g/mol. The first-order valence-corrected chi connectivity index (χ1v) is 7.28. The highest BCUT2D eigenvalue weighted by molar-refractivity contribution is 7.13. The van der Waals surface area contributed by atoms with E-state index in [4.69, 9.17) is 4.74 Å². The van der Waals surface area contributed by atoms with Gasteiger partial charge in [0.1, 0.15) is 6.61 Å². The van der Waals surface area contributed by atoms with Crippen molar-refractivity contribution < 1.29 is 13.9 Å². The number of thiazole rings is 1. The molecule has 0 atom stereocenters. The third kappa shape index (κ3) is 5.13. The van der Waals surface area contributed by atoms with Gasteiger partial charge in [0, 0.05) is 18.1 Å². The molecule has 1 heterocycles. The van der Waals surface area contributed by atoms with Crippen molar-refractivity contribution in [1.29, 1.82) is 0 Å². The number of para-hydroxylation sites is 1. The molecule has 0 spiro atoms. The molecule has 0 aliphatic carbocycles. The Labute approximate surface area is 126 Å². The van der Waals surface area contributed by atoms with Crippen molar-refractivity contribution in [3.05, 3.63) is 41.7 Å². The number of hydrogen-bond donors (Lipinski definition) is 1. The Bertz CT molecular complexity index is 577. The molecule has 5 nitrogen and oxygen atoms in total. The van der Waals surface area contributed by atoms with Gasteiger partial charge in [-0.25, -0.2) is 9.37 Å². The third-order valence-corrected chi connectivity index (χ3v) is 3.35. The van der Waals surface area contributed by atoms with Gasteiger partial charge in [-0.05, 0) is 19.2 Å². The molecule has 1 N–H and O–H groups in total. The number of likely N-dealkylation sites (N-methyl/N-ethyl adjacent to an activating group) is 1. The minimum atomic E-state index is -0.387. The van der Waals surface area contributed by atoms with E-state index < -0.39 is 0 Å². The fourth-order valence-electron chi connectivity index (χ4n) is 1.64. The number of nitrogens with one attached hydrogen (secondary N) is 1. The van der Waals surface area contributed by atoms with Crippen molar-refractivity contribution in [2.24, 2.45) is 0 Å². The van der Waals surface area contributed by atoms with Crippen LogP contribution in [0.5, 0.6) is 5.75 Å². The van der Waals surface area contributed by atoms with Crippen LogP contribution in [0.15, 0.2) is 35.8 Å². The molecule has 0 radical (unpaired) electrons. The van der Waals surface area contributed by atoms with Gasteiger partial charge in [0.05, 0.1) is 6.54 Å². The zero-order chi connectivity index (χ0) is 15.1. The maximum atomic E-state index is 13.3. The number of nitrogens with zero attached hydrogens (tertiary/aromatic N) is 2. The largest absolute Gasteiger partial charge is 0.489 e. The Hall–Kier alpha value is -1.99. The van der Waals surface area contributed by atoms with Crippen LogP contribution in [0.1, 0.15) is 0 Å². The molecule has 1 aromatic heterocycles. The quantitative estimate of drug-likeness (QED) is 0.852. The van der Waals surface area contributed by atoms with Crippen LogP contribution in [0, 0.1) is 5.82 Å². The van der Waals surface area contributed by atoms with Gasteiger partial charge in [0.2, 0.25) is 5.91 Å². The number of halogens is 1. The highest BCUT2D eigenvalue weighted by Crippen LogP contribution is 2.15. The van der Waals surface area contributed by atoms with Crippen LogP contribution in [-0.2, 0) is 4.79 Å². The summed E-state index contributed by atoms with van der Waals surface area (Å²) >= 11 is 1.37. The first-order valence-electron chi connectivity index (χ1n) is 6.40. The summed E-state index contributed by atoms with van der Waals surface area (Å²) < 4.78 is 18.7. The lowest BCUT2D eigenvalue weighted by Crippen LogP contribution is -2.33. The zero-order valence-electron chi connectivity index (χ0n) is 11.6. The summed E-state index contributed by atoms with van der Waals surface area (Å²) in [4.78, 5) is 17.5. The minimum absolute atomic E-state index is 0.140. The molecular formula is C14H16FN3O2S. The molecule has 0 aliphatic heterocycles. The Morgan fingerprint density at radius 2 is 2.29 bits per heavy atom. The first-order chi connectivity index (χ1) is 10.1. The van der Waals surface area contributed by atoms with E-state index in [0.29, 0.717) is 18.3 Å². The van der Waals surface area contributed by atoms with Crippen LogP contribution in [0.4, 0.5) is 9.52 Å². The number of benzene rings is 1. The summed E-state index contributed by atoms with van der Waals surface area (Å²) in [7, 11) is 1.80. The van der Waals surface area contributed by atoms with Crippen LogP contribution in [0.2, 0.25) is 0 Å². The second kappa shape index (κ2) is 7.70. The van der Waals surface area contributed by atoms with Crippen LogP contribution in [-0.4, -0.2) is 42.5 Å². The molecule has 0 bridgehead atoms. The maximum Gasteiger partial charge on any atom is 0.240 e. The molecule has 2 aromatic rings. The molecule has 2 rings (SSSR count). The number of carbonyl (C=O) groups is 1. The van der Waals surface area contributed by atoms with E-state index >= 15 is 0 Å². The van der Waals surface area contributed by atoms with Gasteiger partial charge in [-0.2, -0.15) is 0 Å². The second-order valence-electron chi connectivity index (χ2n) is 4.40. The number of amides is 1. The molecule has 0 saturated carbocycles. The van der Waals surface area contributed by atoms with Crippen LogP contribution in [0.25, 0.3) is 0 Å². The van der Waals surface area contributed by atoms with E-state index in [1.165, 1.54) is 17.4 Å². The topological polar surface area (TPSA) is 54.5 Å². The van der Waals surface area contributed by atoms with Gasteiger partial charge in [0.15, 0.2) is 16.7 Å². The summed E-state index contributed by atoms with van der Waals surface area (Å²) in [5.74, 6) is -0.307. The van der Waals surface area contributed by atoms with Crippen LogP contribution < -0.4 is 10.1 Å². The monoisotopic (exact) mass is 309 g/mol. The number of hydrogen-bond acceptors (Lipinski definition) is 5. The SMILES string of the molecule is CN(CCOc1ccccc1F)CC(=O)Nc1nccs1. The van der Waals surface area contributed by atoms with Gasteiger partial charge in [-0.15, -0.1) is 11.3 Å². The Kier molecular flexibility index (Phi) is 5.65. The second-order valence-corrected chi connectivity index (χ2v) is 5.30. The first kappa shape index (κ1) is 15.4. The fourth-order valence-corrected chi connectivity index (χ4v) is 2.19. The number of carbonyl (C=O) groups excluding carboxylic acids is 1. The van der Waals surface area contributed by atoms with E-state index in [1.54, 1.807) is 41.7 Å². The minimum Gasteiger partial charge on any atom is -0.489 e. The molecule has 0 unspecified atom stereocenters.